The van der Waals surface area contributed by atoms with Crippen LogP contribution in [0.25, 0.3) is 0 Å². The van der Waals surface area contributed by atoms with Gasteiger partial charge in [-0.2, -0.15) is 0 Å². The Hall–Kier alpha value is -2.54. The van der Waals surface area contributed by atoms with Crippen LogP contribution in [0.5, 0.6) is 5.75 Å². The Morgan fingerprint density at radius 2 is 1.68 bits per heavy atom. The minimum absolute atomic E-state index is 0.0899. The second-order valence-corrected chi connectivity index (χ2v) is 6.35. The average molecular weight is 320 g/mol. The van der Waals surface area contributed by atoms with E-state index < -0.39 is 22.5 Å². The fourth-order valence-corrected chi connectivity index (χ4v) is 3.38. The molecule has 0 saturated carbocycles. The first-order chi connectivity index (χ1) is 10.4. The number of rotatable bonds is 6. The topological polar surface area (TPSA) is 89.7 Å². The standard InChI is InChI=1S/C15H16N2O4S/c1-21-13-9-7-12(8-10-13)17(11-15(16)18)22(19,20)14-5-3-2-4-6-14/h2-10H,11H2,1H3,(H2,16,18). The van der Waals surface area contributed by atoms with E-state index in [9.17, 15) is 13.2 Å². The Bertz CT molecular complexity index is 743. The van der Waals surface area contributed by atoms with E-state index in [2.05, 4.69) is 0 Å². The van der Waals surface area contributed by atoms with Crippen molar-refractivity contribution >= 4 is 21.6 Å². The van der Waals surface area contributed by atoms with Crippen LogP contribution in [0.15, 0.2) is 59.5 Å². The maximum absolute atomic E-state index is 12.7. The number of anilines is 1. The molecule has 7 heteroatoms. The van der Waals surface area contributed by atoms with E-state index in [0.717, 1.165) is 4.31 Å². The van der Waals surface area contributed by atoms with E-state index in [-0.39, 0.29) is 4.90 Å². The lowest BCUT2D eigenvalue weighted by atomic mass is 10.3. The first-order valence-corrected chi connectivity index (χ1v) is 7.89. The van der Waals surface area contributed by atoms with Crippen molar-refractivity contribution in [3.8, 4) is 5.75 Å². The molecule has 0 saturated heterocycles. The van der Waals surface area contributed by atoms with Crippen molar-refractivity contribution in [3.05, 3.63) is 54.6 Å². The number of carbonyl (C=O) groups is 1. The summed E-state index contributed by atoms with van der Waals surface area (Å²) in [6.45, 7) is -0.441. The summed E-state index contributed by atoms with van der Waals surface area (Å²) >= 11 is 0. The summed E-state index contributed by atoms with van der Waals surface area (Å²) in [5.74, 6) is -0.157. The van der Waals surface area contributed by atoms with Crippen LogP contribution in [0.3, 0.4) is 0 Å². The van der Waals surface area contributed by atoms with Crippen LogP contribution in [0.4, 0.5) is 5.69 Å². The smallest absolute Gasteiger partial charge is 0.264 e. The van der Waals surface area contributed by atoms with Gasteiger partial charge < -0.3 is 10.5 Å². The third kappa shape index (κ3) is 3.37. The molecule has 6 nitrogen and oxygen atoms in total. The highest BCUT2D eigenvalue weighted by Gasteiger charge is 2.26. The highest BCUT2D eigenvalue weighted by Crippen LogP contribution is 2.25. The molecule has 0 aromatic heterocycles. The zero-order valence-electron chi connectivity index (χ0n) is 12.0. The van der Waals surface area contributed by atoms with Crippen molar-refractivity contribution in [2.75, 3.05) is 18.0 Å². The number of amides is 1. The van der Waals surface area contributed by atoms with Gasteiger partial charge in [0.05, 0.1) is 17.7 Å². The Labute approximate surface area is 129 Å². The van der Waals surface area contributed by atoms with E-state index in [1.807, 2.05) is 0 Å². The van der Waals surface area contributed by atoms with E-state index in [1.165, 1.54) is 19.2 Å². The fourth-order valence-electron chi connectivity index (χ4n) is 1.92. The van der Waals surface area contributed by atoms with Crippen LogP contribution in [0.2, 0.25) is 0 Å². The number of benzene rings is 2. The molecule has 2 N–H and O–H groups in total. The third-order valence-electron chi connectivity index (χ3n) is 2.99. The molecule has 0 unspecified atom stereocenters. The van der Waals surface area contributed by atoms with Crippen molar-refractivity contribution in [1.82, 2.24) is 0 Å². The fraction of sp³-hybridized carbons (Fsp3) is 0.133. The van der Waals surface area contributed by atoms with Crippen LogP contribution >= 0.6 is 0 Å². The van der Waals surface area contributed by atoms with Gasteiger partial charge in [0.15, 0.2) is 0 Å². The number of nitrogens with two attached hydrogens (primary N) is 1. The van der Waals surface area contributed by atoms with Crippen LogP contribution in [0.1, 0.15) is 0 Å². The Morgan fingerprint density at radius 1 is 1.09 bits per heavy atom. The largest absolute Gasteiger partial charge is 0.497 e. The highest BCUT2D eigenvalue weighted by molar-refractivity contribution is 7.92. The van der Waals surface area contributed by atoms with Gasteiger partial charge in [0.1, 0.15) is 12.3 Å². The molecular weight excluding hydrogens is 304 g/mol. The quantitative estimate of drug-likeness (QED) is 0.870. The number of hydrogen-bond acceptors (Lipinski definition) is 4. The van der Waals surface area contributed by atoms with Crippen LogP contribution in [-0.2, 0) is 14.8 Å². The normalized spacial score (nSPS) is 11.0. The molecule has 0 atom stereocenters. The van der Waals surface area contributed by atoms with Gasteiger partial charge in [0, 0.05) is 0 Å². The van der Waals surface area contributed by atoms with E-state index in [1.54, 1.807) is 42.5 Å². The molecule has 22 heavy (non-hydrogen) atoms. The molecule has 0 aliphatic heterocycles. The molecule has 0 bridgehead atoms. The second-order valence-electron chi connectivity index (χ2n) is 4.49. The SMILES string of the molecule is COc1ccc(N(CC(N)=O)S(=O)(=O)c2ccccc2)cc1. The van der Waals surface area contributed by atoms with E-state index in [0.29, 0.717) is 11.4 Å². The van der Waals surface area contributed by atoms with E-state index >= 15 is 0 Å². The van der Waals surface area contributed by atoms with Gasteiger partial charge in [0.25, 0.3) is 10.0 Å². The molecule has 2 aromatic rings. The minimum Gasteiger partial charge on any atom is -0.497 e. The molecule has 2 rings (SSSR count). The van der Waals surface area contributed by atoms with Crippen LogP contribution in [0, 0.1) is 0 Å². The lowest BCUT2D eigenvalue weighted by molar-refractivity contribution is -0.116. The number of ether oxygens (including phenoxy) is 1. The molecule has 1 amide bonds. The zero-order chi connectivity index (χ0) is 16.2. The van der Waals surface area contributed by atoms with Crippen LogP contribution < -0.4 is 14.8 Å². The number of primary amides is 1. The first-order valence-electron chi connectivity index (χ1n) is 6.45. The maximum Gasteiger partial charge on any atom is 0.264 e. The lowest BCUT2D eigenvalue weighted by Crippen LogP contribution is -2.38. The van der Waals surface area contributed by atoms with Gasteiger partial charge in [0.2, 0.25) is 5.91 Å². The molecular formula is C15H16N2O4S. The minimum atomic E-state index is -3.88. The molecule has 0 aliphatic carbocycles. The number of methoxy groups -OCH3 is 1. The second kappa shape index (κ2) is 6.48. The van der Waals surface area contributed by atoms with Gasteiger partial charge >= 0.3 is 0 Å². The van der Waals surface area contributed by atoms with Gasteiger partial charge in [-0.3, -0.25) is 9.10 Å². The zero-order valence-corrected chi connectivity index (χ0v) is 12.8. The third-order valence-corrected chi connectivity index (χ3v) is 4.78. The summed E-state index contributed by atoms with van der Waals surface area (Å²) in [5, 5.41) is 0. The summed E-state index contributed by atoms with van der Waals surface area (Å²) < 4.78 is 31.4. The number of sulfonamides is 1. The average Bonchev–Trinajstić information content (AvgIpc) is 2.53. The van der Waals surface area contributed by atoms with Gasteiger partial charge in [-0.25, -0.2) is 8.42 Å². The molecule has 0 aliphatic rings. The maximum atomic E-state index is 12.7. The molecule has 0 fully saturated rings. The molecule has 0 spiro atoms. The number of hydrogen-bond donors (Lipinski definition) is 1. The van der Waals surface area contributed by atoms with Crippen molar-refractivity contribution in [3.63, 3.8) is 0 Å². The molecule has 2 aromatic carbocycles. The molecule has 0 radical (unpaired) electrons. The highest BCUT2D eigenvalue weighted by atomic mass is 32.2. The van der Waals surface area contributed by atoms with Crippen molar-refractivity contribution in [2.45, 2.75) is 4.90 Å². The van der Waals surface area contributed by atoms with E-state index in [4.69, 9.17) is 10.5 Å². The summed E-state index contributed by atoms with van der Waals surface area (Å²) in [4.78, 5) is 11.4. The van der Waals surface area contributed by atoms with Crippen molar-refractivity contribution < 1.29 is 17.9 Å². The van der Waals surface area contributed by atoms with Crippen molar-refractivity contribution in [2.24, 2.45) is 5.73 Å². The van der Waals surface area contributed by atoms with Gasteiger partial charge in [-0.1, -0.05) is 18.2 Å². The lowest BCUT2D eigenvalue weighted by Gasteiger charge is -2.23. The summed E-state index contributed by atoms with van der Waals surface area (Å²) in [7, 11) is -2.37. The Morgan fingerprint density at radius 3 is 2.18 bits per heavy atom. The monoisotopic (exact) mass is 320 g/mol. The van der Waals surface area contributed by atoms with Crippen molar-refractivity contribution in [1.29, 1.82) is 0 Å². The van der Waals surface area contributed by atoms with Gasteiger partial charge in [-0.05, 0) is 36.4 Å². The summed E-state index contributed by atoms with van der Waals surface area (Å²) in [6, 6.07) is 14.2. The summed E-state index contributed by atoms with van der Waals surface area (Å²) in [6.07, 6.45) is 0. The first kappa shape index (κ1) is 15.8. The predicted molar refractivity (Wildman–Crippen MR) is 83.2 cm³/mol. The van der Waals surface area contributed by atoms with Crippen LogP contribution in [-0.4, -0.2) is 28.0 Å². The number of nitrogens with zero attached hydrogens (tertiary/aromatic N) is 1. The molecule has 0 heterocycles. The predicted octanol–water partition coefficient (Wildman–Crippen LogP) is 1.38. The Balaban J connectivity index is 2.47. The molecule has 116 valence electrons. The Kier molecular flexibility index (Phi) is 4.67. The number of carbonyl (C=O) groups excluding carboxylic acids is 1. The summed E-state index contributed by atoms with van der Waals surface area (Å²) in [5.41, 5.74) is 5.53. The van der Waals surface area contributed by atoms with Gasteiger partial charge in [-0.15, -0.1) is 0 Å².